The lowest BCUT2D eigenvalue weighted by Crippen LogP contribution is -2.50. The van der Waals surface area contributed by atoms with E-state index in [4.69, 9.17) is 0 Å². The lowest BCUT2D eigenvalue weighted by molar-refractivity contribution is -0.153. The maximum absolute atomic E-state index is 12.8. The molecule has 120 valence electrons. The molecule has 0 radical (unpaired) electrons. The summed E-state index contributed by atoms with van der Waals surface area (Å²) in [7, 11) is 0. The van der Waals surface area contributed by atoms with Gasteiger partial charge >= 0.3 is 5.97 Å². The van der Waals surface area contributed by atoms with Gasteiger partial charge in [0, 0.05) is 28.9 Å². The number of hydrogen-bond acceptors (Lipinski definition) is 2. The third-order valence-corrected chi connectivity index (χ3v) is 5.28. The third kappa shape index (κ3) is 2.31. The van der Waals surface area contributed by atoms with E-state index < -0.39 is 12.0 Å². The number of aliphatic carboxylic acids is 1. The van der Waals surface area contributed by atoms with E-state index in [0.717, 1.165) is 47.8 Å². The first-order valence-electron chi connectivity index (χ1n) is 8.27. The molecule has 0 bridgehead atoms. The Morgan fingerprint density at radius 1 is 1.17 bits per heavy atom. The molecule has 5 heteroatoms. The molecule has 0 saturated heterocycles. The molecule has 1 aromatic heterocycles. The van der Waals surface area contributed by atoms with Crippen LogP contribution in [0.2, 0.25) is 0 Å². The Bertz CT molecular complexity index is 774. The first-order valence-corrected chi connectivity index (χ1v) is 8.27. The molecule has 0 spiro atoms. The zero-order chi connectivity index (χ0) is 16.0. The smallest absolute Gasteiger partial charge is 0.326 e. The fourth-order valence-electron chi connectivity index (χ4n) is 4.07. The molecule has 2 heterocycles. The van der Waals surface area contributed by atoms with Crippen LogP contribution in [0.15, 0.2) is 24.3 Å². The monoisotopic (exact) mass is 312 g/mol. The number of rotatable bonds is 2. The lowest BCUT2D eigenvalue weighted by atomic mass is 9.94. The molecule has 4 rings (SSSR count). The van der Waals surface area contributed by atoms with Crippen molar-refractivity contribution in [2.75, 3.05) is 0 Å². The minimum Gasteiger partial charge on any atom is -0.480 e. The zero-order valence-corrected chi connectivity index (χ0v) is 12.9. The number of carbonyl (C=O) groups excluding carboxylic acids is 1. The van der Waals surface area contributed by atoms with Gasteiger partial charge in [-0.2, -0.15) is 0 Å². The number of benzene rings is 1. The van der Waals surface area contributed by atoms with E-state index in [9.17, 15) is 14.7 Å². The van der Waals surface area contributed by atoms with Crippen LogP contribution in [-0.4, -0.2) is 32.9 Å². The van der Waals surface area contributed by atoms with Crippen LogP contribution in [-0.2, 0) is 22.6 Å². The average Bonchev–Trinajstić information content (AvgIpc) is 3.20. The number of amides is 1. The highest BCUT2D eigenvalue weighted by Gasteiger charge is 2.39. The summed E-state index contributed by atoms with van der Waals surface area (Å²) < 4.78 is 0. The summed E-state index contributed by atoms with van der Waals surface area (Å²) in [4.78, 5) is 29.5. The van der Waals surface area contributed by atoms with E-state index in [2.05, 4.69) is 4.98 Å². The molecule has 1 aromatic carbocycles. The molecule has 1 aliphatic carbocycles. The predicted octanol–water partition coefficient (Wildman–Crippen LogP) is 2.70. The zero-order valence-electron chi connectivity index (χ0n) is 12.9. The Kier molecular flexibility index (Phi) is 3.36. The fourth-order valence-corrected chi connectivity index (χ4v) is 4.07. The van der Waals surface area contributed by atoms with Gasteiger partial charge in [0.05, 0.1) is 6.54 Å². The van der Waals surface area contributed by atoms with Gasteiger partial charge in [0.25, 0.3) is 0 Å². The lowest BCUT2D eigenvalue weighted by Gasteiger charge is -2.34. The number of carbonyl (C=O) groups is 2. The van der Waals surface area contributed by atoms with Crippen LogP contribution in [0.4, 0.5) is 0 Å². The van der Waals surface area contributed by atoms with Gasteiger partial charge in [-0.3, -0.25) is 4.79 Å². The summed E-state index contributed by atoms with van der Waals surface area (Å²) in [5.74, 6) is -0.894. The van der Waals surface area contributed by atoms with Gasteiger partial charge in [0.2, 0.25) is 5.91 Å². The largest absolute Gasteiger partial charge is 0.480 e. The highest BCUT2D eigenvalue weighted by atomic mass is 16.4. The van der Waals surface area contributed by atoms with Crippen LogP contribution >= 0.6 is 0 Å². The number of nitrogens with zero attached hydrogens (tertiary/aromatic N) is 1. The van der Waals surface area contributed by atoms with Gasteiger partial charge in [-0.05, 0) is 24.5 Å². The van der Waals surface area contributed by atoms with Crippen LogP contribution < -0.4 is 0 Å². The topological polar surface area (TPSA) is 73.4 Å². The number of fused-ring (bicyclic) bond motifs is 3. The molecular weight excluding hydrogens is 292 g/mol. The summed E-state index contributed by atoms with van der Waals surface area (Å²) in [5, 5.41) is 10.7. The number of aromatic amines is 1. The van der Waals surface area contributed by atoms with Crippen molar-refractivity contribution in [3.8, 4) is 0 Å². The number of H-pyrrole nitrogens is 1. The fraction of sp³-hybridized carbons (Fsp3) is 0.444. The first kappa shape index (κ1) is 14.3. The number of hydrogen-bond donors (Lipinski definition) is 2. The van der Waals surface area contributed by atoms with Crippen LogP contribution in [0.25, 0.3) is 10.9 Å². The molecule has 1 fully saturated rings. The van der Waals surface area contributed by atoms with Crippen LogP contribution in [0.3, 0.4) is 0 Å². The van der Waals surface area contributed by atoms with E-state index in [0.29, 0.717) is 13.0 Å². The van der Waals surface area contributed by atoms with Gasteiger partial charge in [-0.1, -0.05) is 31.0 Å². The van der Waals surface area contributed by atoms with Crippen LogP contribution in [0, 0.1) is 5.92 Å². The molecule has 5 nitrogen and oxygen atoms in total. The highest BCUT2D eigenvalue weighted by Crippen LogP contribution is 2.33. The Balaban J connectivity index is 1.72. The number of carboxylic acids is 1. The molecule has 2 aliphatic rings. The first-order chi connectivity index (χ1) is 11.1. The summed E-state index contributed by atoms with van der Waals surface area (Å²) in [6, 6.07) is 7.17. The van der Waals surface area contributed by atoms with Crippen LogP contribution in [0.5, 0.6) is 0 Å². The molecular formula is C18H20N2O3. The molecule has 23 heavy (non-hydrogen) atoms. The molecule has 0 unspecified atom stereocenters. The quantitative estimate of drug-likeness (QED) is 0.895. The third-order valence-electron chi connectivity index (χ3n) is 5.28. The molecule has 2 N–H and O–H groups in total. The van der Waals surface area contributed by atoms with E-state index in [1.54, 1.807) is 4.90 Å². The van der Waals surface area contributed by atoms with Crippen molar-refractivity contribution in [1.29, 1.82) is 0 Å². The van der Waals surface area contributed by atoms with Gasteiger partial charge < -0.3 is 15.0 Å². The normalized spacial score (nSPS) is 21.6. The van der Waals surface area contributed by atoms with Crippen LogP contribution in [0.1, 0.15) is 36.9 Å². The number of nitrogens with one attached hydrogen (secondary N) is 1. The minimum absolute atomic E-state index is 0.00257. The minimum atomic E-state index is -0.910. The number of para-hydroxylation sites is 1. The Morgan fingerprint density at radius 2 is 1.91 bits per heavy atom. The predicted molar refractivity (Wildman–Crippen MR) is 85.9 cm³/mol. The summed E-state index contributed by atoms with van der Waals surface area (Å²) in [6.45, 7) is 0.371. The maximum Gasteiger partial charge on any atom is 0.326 e. The second kappa shape index (κ2) is 5.41. The Morgan fingerprint density at radius 3 is 2.65 bits per heavy atom. The molecule has 1 atom stereocenters. The summed E-state index contributed by atoms with van der Waals surface area (Å²) in [5.41, 5.74) is 3.04. The molecule has 1 amide bonds. The average molecular weight is 312 g/mol. The van der Waals surface area contributed by atoms with Crippen molar-refractivity contribution >= 4 is 22.8 Å². The number of aromatic nitrogens is 1. The SMILES string of the molecule is O=C(O)[C@@H]1Cc2c([nH]c3ccccc23)CN1C(=O)C1CCCC1. The highest BCUT2D eigenvalue weighted by molar-refractivity contribution is 5.90. The van der Waals surface area contributed by atoms with E-state index in [1.807, 2.05) is 24.3 Å². The van der Waals surface area contributed by atoms with Crippen molar-refractivity contribution in [1.82, 2.24) is 9.88 Å². The van der Waals surface area contributed by atoms with Gasteiger partial charge in [-0.25, -0.2) is 4.79 Å². The van der Waals surface area contributed by atoms with Crippen molar-refractivity contribution < 1.29 is 14.7 Å². The van der Waals surface area contributed by atoms with Gasteiger partial charge in [-0.15, -0.1) is 0 Å². The Labute approximate surface area is 134 Å². The summed E-state index contributed by atoms with van der Waals surface area (Å²) in [6.07, 6.45) is 4.30. The number of carboxylic acid groups (broad SMARTS) is 1. The second-order valence-electron chi connectivity index (χ2n) is 6.63. The summed E-state index contributed by atoms with van der Waals surface area (Å²) >= 11 is 0. The Hall–Kier alpha value is -2.30. The van der Waals surface area contributed by atoms with Crippen molar-refractivity contribution in [3.63, 3.8) is 0 Å². The van der Waals surface area contributed by atoms with E-state index >= 15 is 0 Å². The maximum atomic E-state index is 12.8. The molecule has 1 aliphatic heterocycles. The van der Waals surface area contributed by atoms with Crippen molar-refractivity contribution in [2.24, 2.45) is 5.92 Å². The standard InChI is InChI=1S/C18H20N2O3/c21-17(11-5-1-2-6-11)20-10-15-13(9-16(20)18(22)23)12-7-3-4-8-14(12)19-15/h3-4,7-8,11,16,19H,1-2,5-6,9-10H2,(H,22,23)/t16-/m0/s1. The van der Waals surface area contributed by atoms with Crippen molar-refractivity contribution in [2.45, 2.75) is 44.7 Å². The molecule has 2 aromatic rings. The van der Waals surface area contributed by atoms with E-state index in [1.165, 1.54) is 0 Å². The van der Waals surface area contributed by atoms with Gasteiger partial charge in [0.1, 0.15) is 6.04 Å². The molecule has 1 saturated carbocycles. The van der Waals surface area contributed by atoms with Gasteiger partial charge in [0.15, 0.2) is 0 Å². The van der Waals surface area contributed by atoms with E-state index in [-0.39, 0.29) is 11.8 Å². The van der Waals surface area contributed by atoms with Crippen molar-refractivity contribution in [3.05, 3.63) is 35.5 Å². The second-order valence-corrected chi connectivity index (χ2v) is 6.63.